The smallest absolute Gasteiger partial charge is 0.246 e. The van der Waals surface area contributed by atoms with Gasteiger partial charge in [-0.2, -0.15) is 0 Å². The molecule has 2 N–H and O–H groups in total. The molecule has 4 aliphatic rings. The molecule has 1 saturated carbocycles. The van der Waals surface area contributed by atoms with Gasteiger partial charge >= 0.3 is 0 Å². The number of benzene rings is 4. The molecule has 1 unspecified atom stereocenters. The highest BCUT2D eigenvalue weighted by Crippen LogP contribution is 2.66. The molecule has 2 spiro atoms. The zero-order valence-electron chi connectivity index (χ0n) is 38.9. The van der Waals surface area contributed by atoms with Gasteiger partial charge in [-0.25, -0.2) is 0 Å². The minimum absolute atomic E-state index is 0.00427. The van der Waals surface area contributed by atoms with Crippen LogP contribution in [0.2, 0.25) is 0 Å². The Morgan fingerprint density at radius 3 is 1.65 bits per heavy atom. The van der Waals surface area contributed by atoms with Crippen molar-refractivity contribution in [2.24, 2.45) is 5.41 Å². The highest BCUT2D eigenvalue weighted by atomic mass is 16.7. The largest absolute Gasteiger partial charge is 0.375 e. The van der Waals surface area contributed by atoms with Crippen molar-refractivity contribution >= 4 is 17.7 Å². The SMILES string of the molecule is COCOCC1(COCOC)CC2(C1)c1cc(C)ccc1-c1ccc(-c3ccc4c(c3)C3(CCN(C(=O)C(CCCCNC(=O)COC)NC(=O)COC)CC3)c3cc(C)ccc3-4)cc12. The lowest BCUT2D eigenvalue weighted by Gasteiger charge is -2.55. The van der Waals surface area contributed by atoms with Crippen molar-refractivity contribution in [2.45, 2.75) is 75.7 Å². The van der Waals surface area contributed by atoms with Crippen molar-refractivity contribution in [3.63, 3.8) is 0 Å². The topological polar surface area (TPSA) is 134 Å². The van der Waals surface area contributed by atoms with Crippen LogP contribution in [-0.2, 0) is 53.6 Å². The number of aryl methyl sites for hydroxylation is 2. The molecule has 346 valence electrons. The van der Waals surface area contributed by atoms with Crippen LogP contribution in [-0.4, -0.2) is 117 Å². The van der Waals surface area contributed by atoms with Crippen molar-refractivity contribution in [3.05, 3.63) is 106 Å². The molecule has 0 radical (unpaired) electrons. The summed E-state index contributed by atoms with van der Waals surface area (Å²) in [5.41, 5.74) is 14.7. The molecule has 1 atom stereocenters. The van der Waals surface area contributed by atoms with Gasteiger partial charge in [0.25, 0.3) is 0 Å². The summed E-state index contributed by atoms with van der Waals surface area (Å²) in [5, 5.41) is 5.78. The molecule has 1 aliphatic heterocycles. The quantitative estimate of drug-likeness (QED) is 0.0698. The number of likely N-dealkylation sites (tertiary alicyclic amines) is 1. The second kappa shape index (κ2) is 19.9. The second-order valence-electron chi connectivity index (χ2n) is 18.8. The number of carbonyl (C=O) groups excluding carboxylic acids is 3. The Bertz CT molecular complexity index is 2370. The van der Waals surface area contributed by atoms with Crippen molar-refractivity contribution in [1.82, 2.24) is 15.5 Å². The first-order valence-corrected chi connectivity index (χ1v) is 23.0. The zero-order chi connectivity index (χ0) is 45.8. The van der Waals surface area contributed by atoms with E-state index in [9.17, 15) is 14.4 Å². The van der Waals surface area contributed by atoms with Gasteiger partial charge in [0.1, 0.15) is 32.8 Å². The number of fused-ring (bicyclic) bond motifs is 10. The Hall–Kier alpha value is -4.95. The standard InChI is InChI=1S/C53H65N3O9/c1-35-10-14-39-41-16-12-37(38-13-17-42-40-15-11-36(2)24-44(40)53(46(42)26-38)29-51(30-53,31-64-33-62-5)32-65-34-63-6)25-45(41)52(43(39)23-35)18-21-56(22-19-52)50(59)47(55-49(58)28-61-4)9-7-8-20-54-48(57)27-60-3/h10-17,23-26,47H,7-9,18-22,27-34H2,1-6H3,(H,54,57)(H,55,58). The van der Waals surface area contributed by atoms with E-state index >= 15 is 0 Å². The second-order valence-corrected chi connectivity index (χ2v) is 18.8. The van der Waals surface area contributed by atoms with Gasteiger partial charge in [-0.1, -0.05) is 71.8 Å². The van der Waals surface area contributed by atoms with E-state index in [-0.39, 0.29) is 60.8 Å². The molecule has 65 heavy (non-hydrogen) atoms. The van der Waals surface area contributed by atoms with E-state index < -0.39 is 6.04 Å². The summed E-state index contributed by atoms with van der Waals surface area (Å²) < 4.78 is 32.6. The van der Waals surface area contributed by atoms with Crippen LogP contribution in [0.15, 0.2) is 72.8 Å². The molecule has 0 aromatic heterocycles. The first kappa shape index (κ1) is 46.6. The third kappa shape index (κ3) is 9.13. The van der Waals surface area contributed by atoms with Gasteiger partial charge < -0.3 is 44.0 Å². The number of unbranched alkanes of at least 4 members (excludes halogenated alkanes) is 1. The number of hydrogen-bond acceptors (Lipinski definition) is 9. The molecule has 8 rings (SSSR count). The van der Waals surface area contributed by atoms with Crippen molar-refractivity contribution in [3.8, 4) is 33.4 Å². The Balaban J connectivity index is 1.07. The predicted molar refractivity (Wildman–Crippen MR) is 249 cm³/mol. The highest BCUT2D eigenvalue weighted by molar-refractivity contribution is 5.90. The summed E-state index contributed by atoms with van der Waals surface area (Å²) in [7, 11) is 6.26. The van der Waals surface area contributed by atoms with E-state index in [0.717, 1.165) is 25.7 Å². The average molecular weight is 888 g/mol. The van der Waals surface area contributed by atoms with Gasteiger partial charge in [-0.05, 0) is 127 Å². The highest BCUT2D eigenvalue weighted by Gasteiger charge is 2.60. The normalized spacial score (nSPS) is 17.2. The third-order valence-corrected chi connectivity index (χ3v) is 14.3. The van der Waals surface area contributed by atoms with E-state index in [1.165, 1.54) is 81.0 Å². The number of rotatable bonds is 20. The summed E-state index contributed by atoms with van der Waals surface area (Å²) in [5.74, 6) is -0.585. The summed E-state index contributed by atoms with van der Waals surface area (Å²) in [4.78, 5) is 40.9. The Morgan fingerprint density at radius 2 is 1.11 bits per heavy atom. The van der Waals surface area contributed by atoms with Gasteiger partial charge in [0.15, 0.2) is 0 Å². The molecular weight excluding hydrogens is 823 g/mol. The van der Waals surface area contributed by atoms with Crippen LogP contribution in [0.3, 0.4) is 0 Å². The number of ether oxygens (including phenoxy) is 6. The van der Waals surface area contributed by atoms with Crippen molar-refractivity contribution < 1.29 is 42.8 Å². The lowest BCUT2D eigenvalue weighted by Crippen LogP contribution is -2.54. The number of piperidine rings is 1. The maximum atomic E-state index is 14.3. The van der Waals surface area contributed by atoms with Gasteiger partial charge in [0.2, 0.25) is 17.7 Å². The van der Waals surface area contributed by atoms with Gasteiger partial charge in [-0.15, -0.1) is 0 Å². The number of methoxy groups -OCH3 is 4. The Morgan fingerprint density at radius 1 is 0.615 bits per heavy atom. The van der Waals surface area contributed by atoms with Crippen LogP contribution in [0.4, 0.5) is 0 Å². The number of nitrogens with one attached hydrogen (secondary N) is 2. The summed E-state index contributed by atoms with van der Waals surface area (Å²) >= 11 is 0. The maximum Gasteiger partial charge on any atom is 0.246 e. The molecule has 1 saturated heterocycles. The van der Waals surface area contributed by atoms with Crippen LogP contribution < -0.4 is 10.6 Å². The molecule has 3 amide bonds. The lowest BCUT2D eigenvalue weighted by molar-refractivity contribution is -0.148. The number of hydrogen-bond donors (Lipinski definition) is 2. The lowest BCUT2D eigenvalue weighted by atomic mass is 9.49. The third-order valence-electron chi connectivity index (χ3n) is 14.3. The number of amides is 3. The molecule has 3 aliphatic carbocycles. The average Bonchev–Trinajstić information content (AvgIpc) is 3.70. The molecule has 12 heteroatoms. The van der Waals surface area contributed by atoms with Crippen LogP contribution in [0.25, 0.3) is 33.4 Å². The Labute approximate surface area is 383 Å². The molecule has 1 heterocycles. The van der Waals surface area contributed by atoms with E-state index in [2.05, 4.69) is 97.3 Å². The van der Waals surface area contributed by atoms with Gasteiger partial charge in [-0.3, -0.25) is 14.4 Å². The number of carbonyl (C=O) groups is 3. The summed E-state index contributed by atoms with van der Waals surface area (Å²) in [6.45, 7) is 7.35. The number of nitrogens with zero attached hydrogens (tertiary/aromatic N) is 1. The fourth-order valence-electron chi connectivity index (χ4n) is 11.5. The fourth-order valence-corrected chi connectivity index (χ4v) is 11.5. The monoisotopic (exact) mass is 887 g/mol. The zero-order valence-corrected chi connectivity index (χ0v) is 38.9. The maximum absolute atomic E-state index is 14.3. The summed E-state index contributed by atoms with van der Waals surface area (Å²) in [6, 6.07) is 27.1. The van der Waals surface area contributed by atoms with Crippen molar-refractivity contribution in [1.29, 1.82) is 0 Å². The van der Waals surface area contributed by atoms with Crippen LogP contribution in [0.5, 0.6) is 0 Å². The predicted octanol–water partition coefficient (Wildman–Crippen LogP) is 7.21. The minimum atomic E-state index is -0.687. The van der Waals surface area contributed by atoms with E-state index in [4.69, 9.17) is 28.4 Å². The molecule has 4 aromatic rings. The molecular formula is C53H65N3O9. The minimum Gasteiger partial charge on any atom is -0.375 e. The van der Waals surface area contributed by atoms with Crippen LogP contribution in [0.1, 0.15) is 78.3 Å². The van der Waals surface area contributed by atoms with Crippen LogP contribution >= 0.6 is 0 Å². The first-order valence-electron chi connectivity index (χ1n) is 23.0. The van der Waals surface area contributed by atoms with Gasteiger partial charge in [0, 0.05) is 64.3 Å². The van der Waals surface area contributed by atoms with Gasteiger partial charge in [0.05, 0.1) is 13.2 Å². The first-order chi connectivity index (χ1) is 31.5. The van der Waals surface area contributed by atoms with Crippen molar-refractivity contribution in [2.75, 3.05) is 88.1 Å². The Kier molecular flexibility index (Phi) is 14.2. The molecule has 0 bridgehead atoms. The summed E-state index contributed by atoms with van der Waals surface area (Å²) in [6.07, 6.45) is 5.08. The fraction of sp³-hybridized carbons (Fsp3) is 0.491. The molecule has 4 aromatic carbocycles. The molecule has 2 fully saturated rings. The van der Waals surface area contributed by atoms with Crippen LogP contribution in [0, 0.1) is 19.3 Å². The van der Waals surface area contributed by atoms with E-state index in [1.54, 1.807) is 14.2 Å². The van der Waals surface area contributed by atoms with E-state index in [1.807, 2.05) is 4.90 Å². The van der Waals surface area contributed by atoms with E-state index in [0.29, 0.717) is 52.1 Å². The molecule has 12 nitrogen and oxygen atoms in total.